The Labute approximate surface area is 140 Å². The van der Waals surface area contributed by atoms with Crippen LogP contribution in [-0.2, 0) is 6.54 Å². The van der Waals surface area contributed by atoms with Crippen LogP contribution in [0.2, 0.25) is 5.15 Å². The molecule has 0 atom stereocenters. The Bertz CT molecular complexity index is 772. The monoisotopic (exact) mass is 349 g/mol. The summed E-state index contributed by atoms with van der Waals surface area (Å²) in [6.07, 6.45) is 2.88. The average Bonchev–Trinajstić information content (AvgIpc) is 3.22. The number of aromatic amines is 1. The number of halogens is 1. The summed E-state index contributed by atoms with van der Waals surface area (Å²) in [6.45, 7) is 1.41. The molecule has 0 radical (unpaired) electrons. The number of aliphatic imine (C=N–C) groups is 1. The van der Waals surface area contributed by atoms with Crippen molar-refractivity contribution in [1.82, 2.24) is 25.1 Å². The number of nitrogens with one attached hydrogen (secondary N) is 2. The van der Waals surface area contributed by atoms with Gasteiger partial charge in [0.05, 0.1) is 11.6 Å². The minimum atomic E-state index is -0.597. The van der Waals surface area contributed by atoms with Crippen LogP contribution >= 0.6 is 11.6 Å². The van der Waals surface area contributed by atoms with Crippen LogP contribution < -0.4 is 5.43 Å². The van der Waals surface area contributed by atoms with Gasteiger partial charge in [-0.05, 0) is 16.6 Å². The number of hydrogen-bond donors (Lipinski definition) is 2. The van der Waals surface area contributed by atoms with Gasteiger partial charge in [-0.1, -0.05) is 17.7 Å². The third-order valence-electron chi connectivity index (χ3n) is 3.15. The highest BCUT2D eigenvalue weighted by Crippen LogP contribution is 2.12. The number of nitro groups is 1. The highest BCUT2D eigenvalue weighted by Gasteiger charge is 2.31. The van der Waals surface area contributed by atoms with Crippen molar-refractivity contribution in [2.24, 2.45) is 10.1 Å². The SMILES string of the molecule is O=[N+]([O-])C(=NNc1ncn[nH]1)C1=NCCN1Cc1ccc(Cl)nc1. The molecule has 2 aromatic heterocycles. The molecule has 0 bridgehead atoms. The highest BCUT2D eigenvalue weighted by molar-refractivity contribution is 6.37. The van der Waals surface area contributed by atoms with E-state index in [1.54, 1.807) is 23.2 Å². The van der Waals surface area contributed by atoms with Crippen LogP contribution in [0.3, 0.4) is 0 Å². The van der Waals surface area contributed by atoms with Gasteiger partial charge in [0, 0.05) is 19.3 Å². The molecule has 0 aliphatic carbocycles. The van der Waals surface area contributed by atoms with Crippen LogP contribution in [0.4, 0.5) is 5.95 Å². The van der Waals surface area contributed by atoms with Crippen molar-refractivity contribution in [3.8, 4) is 0 Å². The lowest BCUT2D eigenvalue weighted by Gasteiger charge is -2.17. The van der Waals surface area contributed by atoms with Crippen molar-refractivity contribution in [2.45, 2.75) is 6.54 Å². The number of hydrazone groups is 1. The van der Waals surface area contributed by atoms with Crippen LogP contribution in [0.1, 0.15) is 5.56 Å². The summed E-state index contributed by atoms with van der Waals surface area (Å²) in [6, 6.07) is 3.47. The van der Waals surface area contributed by atoms with E-state index in [-0.39, 0.29) is 11.8 Å². The van der Waals surface area contributed by atoms with Gasteiger partial charge >= 0.3 is 5.84 Å². The largest absolute Gasteiger partial charge is 0.430 e. The van der Waals surface area contributed by atoms with E-state index in [1.807, 2.05) is 0 Å². The van der Waals surface area contributed by atoms with Crippen molar-refractivity contribution in [1.29, 1.82) is 0 Å². The zero-order chi connectivity index (χ0) is 16.9. The fraction of sp³-hybridized carbons (Fsp3) is 0.250. The molecule has 24 heavy (non-hydrogen) atoms. The van der Waals surface area contributed by atoms with Crippen LogP contribution in [0.5, 0.6) is 0 Å². The van der Waals surface area contributed by atoms with E-state index in [2.05, 4.69) is 35.7 Å². The van der Waals surface area contributed by atoms with E-state index < -0.39 is 10.8 Å². The van der Waals surface area contributed by atoms with Crippen molar-refractivity contribution in [3.05, 3.63) is 45.5 Å². The lowest BCUT2D eigenvalue weighted by molar-refractivity contribution is -0.346. The second kappa shape index (κ2) is 7.00. The van der Waals surface area contributed by atoms with Gasteiger partial charge < -0.3 is 15.0 Å². The molecule has 3 heterocycles. The molecule has 124 valence electrons. The van der Waals surface area contributed by atoms with Gasteiger partial charge in [0.15, 0.2) is 0 Å². The summed E-state index contributed by atoms with van der Waals surface area (Å²) in [7, 11) is 0. The number of anilines is 1. The second-order valence-electron chi connectivity index (χ2n) is 4.75. The summed E-state index contributed by atoms with van der Waals surface area (Å²) < 4.78 is 0. The van der Waals surface area contributed by atoms with Gasteiger partial charge in [0.2, 0.25) is 5.84 Å². The first-order valence-corrected chi connectivity index (χ1v) is 7.25. The minimum Gasteiger partial charge on any atom is -0.358 e. The Morgan fingerprint density at radius 2 is 2.38 bits per heavy atom. The molecule has 2 aromatic rings. The molecular weight excluding hydrogens is 338 g/mol. The van der Waals surface area contributed by atoms with E-state index in [1.165, 1.54) is 6.33 Å². The van der Waals surface area contributed by atoms with Crippen molar-refractivity contribution >= 4 is 29.2 Å². The predicted molar refractivity (Wildman–Crippen MR) is 86.4 cm³/mol. The van der Waals surface area contributed by atoms with E-state index >= 15 is 0 Å². The van der Waals surface area contributed by atoms with Gasteiger partial charge in [-0.3, -0.25) is 4.99 Å². The van der Waals surface area contributed by atoms with Crippen molar-refractivity contribution in [2.75, 3.05) is 18.5 Å². The standard InChI is InChI=1S/C12H12ClN9O2/c13-9-2-1-8(5-15-9)6-21-4-3-14-10(21)11(22(23)24)18-20-12-16-7-17-19-12/h1-2,5,7H,3-4,6H2,(H2,16,17,19,20). The summed E-state index contributed by atoms with van der Waals surface area (Å²) in [4.78, 5) is 24.5. The zero-order valence-corrected chi connectivity index (χ0v) is 13.0. The molecule has 0 fully saturated rings. The van der Waals surface area contributed by atoms with E-state index in [9.17, 15) is 10.1 Å². The molecule has 0 aromatic carbocycles. The van der Waals surface area contributed by atoms with E-state index in [0.717, 1.165) is 5.56 Å². The quantitative estimate of drug-likeness (QED) is 0.267. The molecule has 0 spiro atoms. The molecular formula is C12H12ClN9O2. The van der Waals surface area contributed by atoms with E-state index in [0.29, 0.717) is 24.8 Å². The topological polar surface area (TPSA) is 138 Å². The highest BCUT2D eigenvalue weighted by atomic mass is 35.5. The molecule has 11 nitrogen and oxygen atoms in total. The van der Waals surface area contributed by atoms with Gasteiger partial charge in [-0.25, -0.2) is 10.1 Å². The summed E-state index contributed by atoms with van der Waals surface area (Å²) in [5, 5.41) is 21.6. The molecule has 2 N–H and O–H groups in total. The Kier molecular flexibility index (Phi) is 4.61. The number of pyridine rings is 1. The first-order chi connectivity index (χ1) is 11.6. The second-order valence-corrected chi connectivity index (χ2v) is 5.14. The Morgan fingerprint density at radius 3 is 3.04 bits per heavy atom. The summed E-state index contributed by atoms with van der Waals surface area (Å²) in [5.41, 5.74) is 3.32. The summed E-state index contributed by atoms with van der Waals surface area (Å²) in [5.74, 6) is -0.00538. The number of nitrogens with zero attached hydrogens (tertiary/aromatic N) is 7. The summed E-state index contributed by atoms with van der Waals surface area (Å²) >= 11 is 5.76. The Balaban J connectivity index is 1.77. The van der Waals surface area contributed by atoms with Crippen LogP contribution in [0.25, 0.3) is 0 Å². The Hall–Kier alpha value is -3.08. The number of rotatable bonds is 5. The number of hydrogen-bond acceptors (Lipinski definition) is 9. The van der Waals surface area contributed by atoms with Gasteiger partial charge in [0.25, 0.3) is 5.95 Å². The maximum atomic E-state index is 11.3. The maximum absolute atomic E-state index is 11.3. The number of amidine groups is 2. The molecule has 1 aliphatic heterocycles. The van der Waals surface area contributed by atoms with Gasteiger partial charge in [-0.15, -0.1) is 5.43 Å². The predicted octanol–water partition coefficient (Wildman–Crippen LogP) is 0.769. The van der Waals surface area contributed by atoms with Crippen LogP contribution in [0.15, 0.2) is 34.8 Å². The lowest BCUT2D eigenvalue weighted by atomic mass is 10.2. The first kappa shape index (κ1) is 15.8. The Morgan fingerprint density at radius 1 is 1.50 bits per heavy atom. The number of H-pyrrole nitrogens is 1. The fourth-order valence-electron chi connectivity index (χ4n) is 2.11. The van der Waals surface area contributed by atoms with Crippen molar-refractivity contribution in [3.63, 3.8) is 0 Å². The van der Waals surface area contributed by atoms with Crippen molar-refractivity contribution < 1.29 is 4.92 Å². The molecule has 0 saturated carbocycles. The number of aromatic nitrogens is 4. The first-order valence-electron chi connectivity index (χ1n) is 6.87. The zero-order valence-electron chi connectivity index (χ0n) is 12.3. The third kappa shape index (κ3) is 3.63. The third-order valence-corrected chi connectivity index (χ3v) is 3.37. The molecule has 1 aliphatic rings. The van der Waals surface area contributed by atoms with Gasteiger partial charge in [0.1, 0.15) is 11.5 Å². The average molecular weight is 350 g/mol. The fourth-order valence-corrected chi connectivity index (χ4v) is 2.22. The van der Waals surface area contributed by atoms with E-state index in [4.69, 9.17) is 11.6 Å². The molecule has 0 amide bonds. The lowest BCUT2D eigenvalue weighted by Crippen LogP contribution is -2.37. The van der Waals surface area contributed by atoms with Gasteiger partial charge in [-0.2, -0.15) is 10.1 Å². The molecule has 0 saturated heterocycles. The molecule has 12 heteroatoms. The molecule has 3 rings (SSSR count). The minimum absolute atomic E-state index is 0.196. The molecule has 0 unspecified atom stereocenters. The van der Waals surface area contributed by atoms with Crippen LogP contribution in [0, 0.1) is 10.1 Å². The van der Waals surface area contributed by atoms with Crippen LogP contribution in [-0.4, -0.2) is 54.7 Å². The smallest absolute Gasteiger partial charge is 0.358 e. The normalized spacial score (nSPS) is 14.6. The maximum Gasteiger partial charge on any atom is 0.430 e.